The summed E-state index contributed by atoms with van der Waals surface area (Å²) in [7, 11) is 0. The van der Waals surface area contributed by atoms with Crippen LogP contribution in [0, 0.1) is 5.41 Å². The van der Waals surface area contributed by atoms with Crippen LogP contribution in [0.1, 0.15) is 46.5 Å². The molecule has 0 bridgehead atoms. The molecule has 0 aliphatic heterocycles. The Morgan fingerprint density at radius 1 is 1.33 bits per heavy atom. The first-order chi connectivity index (χ1) is 9.94. The lowest BCUT2D eigenvalue weighted by atomic mass is 9.85. The molecule has 0 radical (unpaired) electrons. The van der Waals surface area contributed by atoms with Gasteiger partial charge in [-0.1, -0.05) is 12.8 Å². The zero-order valence-electron chi connectivity index (χ0n) is 11.5. The van der Waals surface area contributed by atoms with E-state index < -0.39 is 23.2 Å². The van der Waals surface area contributed by atoms with Crippen LogP contribution in [-0.2, 0) is 4.79 Å². The van der Waals surface area contributed by atoms with Crippen molar-refractivity contribution in [3.8, 4) is 0 Å². The van der Waals surface area contributed by atoms with Gasteiger partial charge >= 0.3 is 5.97 Å². The lowest BCUT2D eigenvalue weighted by Gasteiger charge is -2.25. The number of carboxylic acid groups (broad SMARTS) is 1. The molecule has 7 nitrogen and oxygen atoms in total. The maximum absolute atomic E-state index is 12.1. The predicted octanol–water partition coefficient (Wildman–Crippen LogP) is 0.555. The lowest BCUT2D eigenvalue weighted by molar-refractivity contribution is -0.127. The van der Waals surface area contributed by atoms with Crippen molar-refractivity contribution >= 4 is 17.8 Å². The highest BCUT2D eigenvalue weighted by Crippen LogP contribution is 2.37. The largest absolute Gasteiger partial charge is 0.477 e. The van der Waals surface area contributed by atoms with Gasteiger partial charge in [0.1, 0.15) is 5.69 Å². The van der Waals surface area contributed by atoms with Gasteiger partial charge < -0.3 is 16.2 Å². The van der Waals surface area contributed by atoms with Gasteiger partial charge in [-0.15, -0.1) is 0 Å². The van der Waals surface area contributed by atoms with Gasteiger partial charge in [-0.3, -0.25) is 9.59 Å². The number of pyridine rings is 1. The maximum Gasteiger partial charge on any atom is 0.354 e. The third kappa shape index (κ3) is 3.18. The van der Waals surface area contributed by atoms with E-state index in [0.29, 0.717) is 12.8 Å². The van der Waals surface area contributed by atoms with Crippen LogP contribution in [0.25, 0.3) is 0 Å². The van der Waals surface area contributed by atoms with Gasteiger partial charge in [0.25, 0.3) is 5.91 Å². The number of carbonyl (C=O) groups excluding carboxylic acids is 2. The second-order valence-electron chi connectivity index (χ2n) is 5.27. The number of primary amides is 1. The minimum absolute atomic E-state index is 0.173. The number of amides is 2. The van der Waals surface area contributed by atoms with Crippen LogP contribution in [0.15, 0.2) is 18.3 Å². The van der Waals surface area contributed by atoms with Gasteiger partial charge in [-0.25, -0.2) is 9.78 Å². The predicted molar refractivity (Wildman–Crippen MR) is 73.6 cm³/mol. The van der Waals surface area contributed by atoms with Gasteiger partial charge in [0.2, 0.25) is 5.91 Å². The average molecular weight is 291 g/mol. The summed E-state index contributed by atoms with van der Waals surface area (Å²) in [6.07, 6.45) is 4.42. The Labute approximate surface area is 121 Å². The Morgan fingerprint density at radius 2 is 2.00 bits per heavy atom. The number of hydrogen-bond donors (Lipinski definition) is 3. The fourth-order valence-corrected chi connectivity index (χ4v) is 2.60. The zero-order chi connectivity index (χ0) is 15.5. The van der Waals surface area contributed by atoms with Crippen molar-refractivity contribution in [3.05, 3.63) is 29.6 Å². The molecule has 0 atom stereocenters. The average Bonchev–Trinajstić information content (AvgIpc) is 2.95. The van der Waals surface area contributed by atoms with Crippen LogP contribution in [0.5, 0.6) is 0 Å². The molecule has 2 rings (SSSR count). The van der Waals surface area contributed by atoms with Crippen molar-refractivity contribution in [2.45, 2.75) is 25.7 Å². The van der Waals surface area contributed by atoms with Crippen molar-refractivity contribution < 1.29 is 19.5 Å². The monoisotopic (exact) mass is 291 g/mol. The molecule has 1 aromatic heterocycles. The number of carboxylic acids is 1. The van der Waals surface area contributed by atoms with Crippen molar-refractivity contribution in [1.82, 2.24) is 10.3 Å². The quantitative estimate of drug-likeness (QED) is 0.731. The first-order valence-corrected chi connectivity index (χ1v) is 6.72. The molecule has 0 unspecified atom stereocenters. The smallest absolute Gasteiger partial charge is 0.354 e. The number of rotatable bonds is 5. The van der Waals surface area contributed by atoms with Crippen molar-refractivity contribution in [3.63, 3.8) is 0 Å². The molecule has 1 aliphatic carbocycles. The molecule has 1 fully saturated rings. The molecule has 1 aromatic rings. The summed E-state index contributed by atoms with van der Waals surface area (Å²) in [5.41, 5.74) is 4.75. The van der Waals surface area contributed by atoms with E-state index in [1.54, 1.807) is 0 Å². The standard InChI is InChI=1S/C14H17N3O4/c15-13(21)14(4-1-2-5-14)8-17-11(18)9-3-6-16-10(7-9)12(19)20/h3,6-7H,1-2,4-5,8H2,(H2,15,21)(H,17,18)(H,19,20). The summed E-state index contributed by atoms with van der Waals surface area (Å²) in [4.78, 5) is 38.1. The van der Waals surface area contributed by atoms with Crippen LogP contribution >= 0.6 is 0 Å². The molecule has 0 spiro atoms. The van der Waals surface area contributed by atoms with Gasteiger partial charge in [0, 0.05) is 18.3 Å². The van der Waals surface area contributed by atoms with E-state index in [1.807, 2.05) is 0 Å². The normalized spacial score (nSPS) is 16.4. The molecule has 7 heteroatoms. The number of nitrogens with one attached hydrogen (secondary N) is 1. The third-order valence-corrected chi connectivity index (χ3v) is 3.91. The maximum atomic E-state index is 12.1. The van der Waals surface area contributed by atoms with E-state index in [0.717, 1.165) is 12.8 Å². The molecule has 21 heavy (non-hydrogen) atoms. The number of aromatic nitrogens is 1. The van der Waals surface area contributed by atoms with Crippen molar-refractivity contribution in [1.29, 1.82) is 0 Å². The number of carbonyl (C=O) groups is 3. The minimum atomic E-state index is -1.20. The van der Waals surface area contributed by atoms with Crippen molar-refractivity contribution in [2.24, 2.45) is 11.1 Å². The highest BCUT2D eigenvalue weighted by atomic mass is 16.4. The summed E-state index contributed by atoms with van der Waals surface area (Å²) < 4.78 is 0. The van der Waals surface area contributed by atoms with Gasteiger partial charge in [-0.2, -0.15) is 0 Å². The molecule has 4 N–H and O–H groups in total. The van der Waals surface area contributed by atoms with Gasteiger partial charge in [0.15, 0.2) is 0 Å². The van der Waals surface area contributed by atoms with Crippen molar-refractivity contribution in [2.75, 3.05) is 6.54 Å². The lowest BCUT2D eigenvalue weighted by Crippen LogP contribution is -2.44. The summed E-state index contributed by atoms with van der Waals surface area (Å²) in [5, 5.41) is 11.5. The van der Waals surface area contributed by atoms with Crippen LogP contribution in [0.4, 0.5) is 0 Å². The fourth-order valence-electron chi connectivity index (χ4n) is 2.60. The highest BCUT2D eigenvalue weighted by molar-refractivity contribution is 5.97. The first kappa shape index (κ1) is 15.0. The molecule has 1 heterocycles. The fraction of sp³-hybridized carbons (Fsp3) is 0.429. The molecular formula is C14H17N3O4. The van der Waals surface area contributed by atoms with Gasteiger partial charge in [0.05, 0.1) is 5.41 Å². The molecular weight excluding hydrogens is 274 g/mol. The Hall–Kier alpha value is -2.44. The van der Waals surface area contributed by atoms with Gasteiger partial charge in [-0.05, 0) is 25.0 Å². The van der Waals surface area contributed by atoms with E-state index in [1.165, 1.54) is 18.3 Å². The molecule has 0 saturated heterocycles. The Bertz CT molecular complexity index is 579. The van der Waals surface area contributed by atoms with E-state index >= 15 is 0 Å². The minimum Gasteiger partial charge on any atom is -0.477 e. The Balaban J connectivity index is 2.06. The Morgan fingerprint density at radius 3 is 2.57 bits per heavy atom. The molecule has 112 valence electrons. The highest BCUT2D eigenvalue weighted by Gasteiger charge is 2.39. The number of nitrogens with zero attached hydrogens (tertiary/aromatic N) is 1. The third-order valence-electron chi connectivity index (χ3n) is 3.91. The molecule has 1 aliphatic rings. The first-order valence-electron chi connectivity index (χ1n) is 6.72. The second kappa shape index (κ2) is 5.90. The summed E-state index contributed by atoms with van der Waals surface area (Å²) >= 11 is 0. The zero-order valence-corrected chi connectivity index (χ0v) is 11.5. The van der Waals surface area contributed by atoms with E-state index in [9.17, 15) is 14.4 Å². The molecule has 0 aromatic carbocycles. The Kier molecular flexibility index (Phi) is 4.21. The summed E-state index contributed by atoms with van der Waals surface area (Å²) in [5.74, 6) is -2.04. The van der Waals surface area contributed by atoms with Crippen LogP contribution in [0.2, 0.25) is 0 Å². The van der Waals surface area contributed by atoms with Crippen LogP contribution in [0.3, 0.4) is 0 Å². The molecule has 2 amide bonds. The number of nitrogens with two attached hydrogens (primary N) is 1. The molecule has 1 saturated carbocycles. The summed E-state index contributed by atoms with van der Waals surface area (Å²) in [6, 6.07) is 2.62. The SMILES string of the molecule is NC(=O)C1(CNC(=O)c2ccnc(C(=O)O)c2)CCCC1. The van der Waals surface area contributed by atoms with E-state index in [2.05, 4.69) is 10.3 Å². The topological polar surface area (TPSA) is 122 Å². The number of hydrogen-bond acceptors (Lipinski definition) is 4. The van der Waals surface area contributed by atoms with E-state index in [4.69, 9.17) is 10.8 Å². The second-order valence-corrected chi connectivity index (χ2v) is 5.27. The summed E-state index contributed by atoms with van der Waals surface area (Å²) in [6.45, 7) is 0.173. The number of aromatic carboxylic acids is 1. The van der Waals surface area contributed by atoms with E-state index in [-0.39, 0.29) is 17.8 Å². The van der Waals surface area contributed by atoms with Crippen LogP contribution < -0.4 is 11.1 Å². The van der Waals surface area contributed by atoms with Crippen LogP contribution in [-0.4, -0.2) is 34.4 Å².